The first kappa shape index (κ1) is 12.4. The monoisotopic (exact) mass is 272 g/mol. The van der Waals surface area contributed by atoms with Crippen molar-refractivity contribution in [2.45, 2.75) is 12.5 Å². The Labute approximate surface area is 107 Å². The molecule has 0 bridgehead atoms. The average molecular weight is 273 g/mol. The number of hydrogen-bond donors (Lipinski definition) is 2. The van der Waals surface area contributed by atoms with Crippen LogP contribution in [0.1, 0.15) is 16.5 Å². The minimum absolute atomic E-state index is 0.219. The highest BCUT2D eigenvalue weighted by Gasteiger charge is 2.15. The van der Waals surface area contributed by atoms with E-state index in [2.05, 4.69) is 15.0 Å². The number of hydrogen-bond acceptors (Lipinski definition) is 5. The second-order valence-electron chi connectivity index (χ2n) is 3.48. The van der Waals surface area contributed by atoms with Crippen LogP contribution in [0.3, 0.4) is 0 Å². The fourth-order valence-electron chi connectivity index (χ4n) is 1.49. The fraction of sp³-hybridized carbons (Fsp3) is 0.200. The molecule has 1 aromatic carbocycles. The zero-order valence-electron chi connectivity index (χ0n) is 8.73. The molecule has 0 fully saturated rings. The van der Waals surface area contributed by atoms with Gasteiger partial charge in [0.2, 0.25) is 0 Å². The van der Waals surface area contributed by atoms with E-state index in [1.807, 2.05) is 0 Å². The van der Waals surface area contributed by atoms with Crippen molar-refractivity contribution in [1.82, 2.24) is 15.0 Å². The van der Waals surface area contributed by atoms with Gasteiger partial charge in [0.05, 0.1) is 17.1 Å². The Morgan fingerprint density at radius 2 is 2.35 bits per heavy atom. The van der Waals surface area contributed by atoms with E-state index in [4.69, 9.17) is 17.4 Å². The zero-order chi connectivity index (χ0) is 12.3. The lowest BCUT2D eigenvalue weighted by atomic mass is 10.1. The van der Waals surface area contributed by atoms with Gasteiger partial charge in [0, 0.05) is 5.02 Å². The largest absolute Gasteiger partial charge is 0.271 e. The van der Waals surface area contributed by atoms with Crippen LogP contribution in [0.25, 0.3) is 0 Å². The van der Waals surface area contributed by atoms with Crippen LogP contribution in [-0.4, -0.2) is 9.59 Å². The van der Waals surface area contributed by atoms with E-state index in [1.165, 1.54) is 23.7 Å². The predicted molar refractivity (Wildman–Crippen MR) is 65.1 cm³/mol. The highest BCUT2D eigenvalue weighted by atomic mass is 35.5. The molecule has 17 heavy (non-hydrogen) atoms. The van der Waals surface area contributed by atoms with Crippen molar-refractivity contribution in [1.29, 1.82) is 0 Å². The summed E-state index contributed by atoms with van der Waals surface area (Å²) in [6.07, 6.45) is 2.00. The molecule has 1 atom stereocenters. The lowest BCUT2D eigenvalue weighted by molar-refractivity contribution is 0.535. The molecule has 2 rings (SSSR count). The van der Waals surface area contributed by atoms with Gasteiger partial charge in [-0.1, -0.05) is 16.1 Å². The molecule has 90 valence electrons. The molecule has 3 N–H and O–H groups in total. The molecule has 7 heteroatoms. The first-order chi connectivity index (χ1) is 8.20. The van der Waals surface area contributed by atoms with E-state index in [0.717, 1.165) is 4.88 Å². The van der Waals surface area contributed by atoms with Gasteiger partial charge in [0.25, 0.3) is 0 Å². The van der Waals surface area contributed by atoms with Gasteiger partial charge in [-0.05, 0) is 41.7 Å². The normalized spacial score (nSPS) is 12.6. The van der Waals surface area contributed by atoms with Gasteiger partial charge in [0.15, 0.2) is 0 Å². The maximum absolute atomic E-state index is 13.6. The molecule has 1 aromatic heterocycles. The van der Waals surface area contributed by atoms with E-state index >= 15 is 0 Å². The summed E-state index contributed by atoms with van der Waals surface area (Å²) < 4.78 is 17.3. The number of nitrogens with two attached hydrogens (primary N) is 1. The van der Waals surface area contributed by atoms with Crippen molar-refractivity contribution < 1.29 is 4.39 Å². The van der Waals surface area contributed by atoms with Gasteiger partial charge in [-0.2, -0.15) is 0 Å². The van der Waals surface area contributed by atoms with Crippen LogP contribution in [0, 0.1) is 5.82 Å². The van der Waals surface area contributed by atoms with Crippen molar-refractivity contribution in [3.05, 3.63) is 45.7 Å². The van der Waals surface area contributed by atoms with E-state index in [0.29, 0.717) is 17.0 Å². The number of hydrazine groups is 1. The Morgan fingerprint density at radius 1 is 1.53 bits per heavy atom. The zero-order valence-corrected chi connectivity index (χ0v) is 10.3. The molecule has 0 aliphatic heterocycles. The second kappa shape index (κ2) is 5.50. The number of aromatic nitrogens is 2. The minimum Gasteiger partial charge on any atom is -0.271 e. The Hall–Kier alpha value is -1.08. The topological polar surface area (TPSA) is 63.8 Å². The molecule has 1 heterocycles. The Morgan fingerprint density at radius 3 is 3.00 bits per heavy atom. The predicted octanol–water partition coefficient (Wildman–Crippen LogP) is 2.08. The fourth-order valence-corrected chi connectivity index (χ4v) is 2.25. The molecular formula is C10H10ClFN4S. The number of nitrogens with zero attached hydrogens (tertiary/aromatic N) is 2. The summed E-state index contributed by atoms with van der Waals surface area (Å²) in [6.45, 7) is 0. The number of halogens is 2. The molecule has 0 aliphatic rings. The second-order valence-corrected chi connectivity index (χ2v) is 4.73. The van der Waals surface area contributed by atoms with Gasteiger partial charge in [-0.15, -0.1) is 5.10 Å². The smallest absolute Gasteiger partial charge is 0.126 e. The van der Waals surface area contributed by atoms with Crippen LogP contribution in [0.4, 0.5) is 4.39 Å². The van der Waals surface area contributed by atoms with Crippen LogP contribution < -0.4 is 11.3 Å². The van der Waals surface area contributed by atoms with Crippen LogP contribution >= 0.6 is 23.1 Å². The third-order valence-corrected chi connectivity index (χ3v) is 3.37. The molecule has 0 saturated carbocycles. The molecule has 1 unspecified atom stereocenters. The van der Waals surface area contributed by atoms with Crippen molar-refractivity contribution >= 4 is 23.1 Å². The van der Waals surface area contributed by atoms with Crippen LogP contribution in [0.15, 0.2) is 24.4 Å². The van der Waals surface area contributed by atoms with Crippen molar-refractivity contribution in [2.24, 2.45) is 5.84 Å². The van der Waals surface area contributed by atoms with Crippen LogP contribution in [0.2, 0.25) is 5.02 Å². The molecular weight excluding hydrogens is 263 g/mol. The first-order valence-electron chi connectivity index (χ1n) is 4.88. The van der Waals surface area contributed by atoms with Crippen LogP contribution in [-0.2, 0) is 6.42 Å². The molecule has 0 amide bonds. The van der Waals surface area contributed by atoms with E-state index in [9.17, 15) is 4.39 Å². The van der Waals surface area contributed by atoms with Crippen molar-refractivity contribution in [3.8, 4) is 0 Å². The third-order valence-electron chi connectivity index (χ3n) is 2.35. The lowest BCUT2D eigenvalue weighted by Gasteiger charge is -2.13. The van der Waals surface area contributed by atoms with E-state index in [-0.39, 0.29) is 11.9 Å². The lowest BCUT2D eigenvalue weighted by Crippen LogP contribution is -2.29. The Kier molecular flexibility index (Phi) is 4.01. The molecule has 2 aromatic rings. The van der Waals surface area contributed by atoms with Gasteiger partial charge in [-0.3, -0.25) is 11.3 Å². The standard InChI is InChI=1S/C10H10ClFN4S/c11-7-1-2-8(12)6(3-7)4-9(15-13)10-5-14-16-17-10/h1-3,5,9,15H,4,13H2. The third kappa shape index (κ3) is 2.98. The summed E-state index contributed by atoms with van der Waals surface area (Å²) >= 11 is 7.05. The summed E-state index contributed by atoms with van der Waals surface area (Å²) in [5, 5.41) is 4.23. The number of nitrogens with one attached hydrogen (secondary N) is 1. The van der Waals surface area contributed by atoms with E-state index in [1.54, 1.807) is 12.3 Å². The summed E-state index contributed by atoms with van der Waals surface area (Å²) in [7, 11) is 0. The van der Waals surface area contributed by atoms with Gasteiger partial charge >= 0.3 is 0 Å². The summed E-state index contributed by atoms with van der Waals surface area (Å²) in [6, 6.07) is 4.23. The summed E-state index contributed by atoms with van der Waals surface area (Å²) in [5.74, 6) is 5.15. The quantitative estimate of drug-likeness (QED) is 0.661. The molecule has 4 nitrogen and oxygen atoms in total. The maximum atomic E-state index is 13.6. The maximum Gasteiger partial charge on any atom is 0.126 e. The molecule has 0 saturated heterocycles. The molecule has 0 spiro atoms. The van der Waals surface area contributed by atoms with E-state index < -0.39 is 0 Å². The Balaban J connectivity index is 2.21. The molecule has 0 aliphatic carbocycles. The number of rotatable bonds is 4. The van der Waals surface area contributed by atoms with Gasteiger partial charge < -0.3 is 0 Å². The summed E-state index contributed by atoms with van der Waals surface area (Å²) in [5.41, 5.74) is 3.13. The minimum atomic E-state index is -0.299. The van der Waals surface area contributed by atoms with Gasteiger partial charge in [0.1, 0.15) is 5.82 Å². The average Bonchev–Trinajstić information content (AvgIpc) is 2.84. The van der Waals surface area contributed by atoms with Crippen LogP contribution in [0.5, 0.6) is 0 Å². The highest BCUT2D eigenvalue weighted by Crippen LogP contribution is 2.23. The summed E-state index contributed by atoms with van der Waals surface area (Å²) in [4.78, 5) is 0.854. The van der Waals surface area contributed by atoms with Crippen molar-refractivity contribution in [2.75, 3.05) is 0 Å². The van der Waals surface area contributed by atoms with Gasteiger partial charge in [-0.25, -0.2) is 4.39 Å². The highest BCUT2D eigenvalue weighted by molar-refractivity contribution is 7.05. The van der Waals surface area contributed by atoms with Crippen molar-refractivity contribution in [3.63, 3.8) is 0 Å². The SMILES string of the molecule is NNC(Cc1cc(Cl)ccc1F)c1cnns1. The first-order valence-corrected chi connectivity index (χ1v) is 6.03. The molecule has 0 radical (unpaired) electrons. The number of benzene rings is 1. The Bertz CT molecular complexity index is 491.